The minimum Gasteiger partial charge on any atom is -0.384 e. The van der Waals surface area contributed by atoms with Crippen LogP contribution in [0.2, 0.25) is 0 Å². The van der Waals surface area contributed by atoms with Gasteiger partial charge in [0.25, 0.3) is 0 Å². The lowest BCUT2D eigenvalue weighted by molar-refractivity contribution is 0.229. The quantitative estimate of drug-likeness (QED) is 0.658. The lowest BCUT2D eigenvalue weighted by Crippen LogP contribution is -1.93. The summed E-state index contributed by atoms with van der Waals surface area (Å²) in [6.07, 6.45) is 1.96. The highest BCUT2D eigenvalue weighted by Gasteiger charge is 2.18. The average molecular weight is 222 g/mol. The standard InChI is InChI=1S/C16H14O/c1-2-16(17)12-7-8-15-13(10-12)9-11-5-3-4-6-14(11)15/h2-8,10,16-17H,1,9H2. The Hall–Kier alpha value is -1.86. The lowest BCUT2D eigenvalue weighted by atomic mass is 10.0. The molecule has 0 heterocycles. The van der Waals surface area contributed by atoms with E-state index in [0.29, 0.717) is 0 Å². The molecule has 0 amide bonds. The first-order chi connectivity index (χ1) is 8.29. The van der Waals surface area contributed by atoms with E-state index in [4.69, 9.17) is 0 Å². The molecule has 0 radical (unpaired) electrons. The van der Waals surface area contributed by atoms with E-state index in [1.807, 2.05) is 6.07 Å². The summed E-state index contributed by atoms with van der Waals surface area (Å²) in [5, 5.41) is 9.76. The van der Waals surface area contributed by atoms with Crippen LogP contribution in [0.4, 0.5) is 0 Å². The Labute approximate surface area is 101 Å². The van der Waals surface area contributed by atoms with Crippen LogP contribution >= 0.6 is 0 Å². The van der Waals surface area contributed by atoms with Gasteiger partial charge in [-0.05, 0) is 34.2 Å². The molecule has 1 aliphatic carbocycles. The molecule has 1 heteroatoms. The molecule has 1 nitrogen and oxygen atoms in total. The molecule has 3 rings (SSSR count). The van der Waals surface area contributed by atoms with Gasteiger partial charge in [0, 0.05) is 0 Å². The first-order valence-corrected chi connectivity index (χ1v) is 5.81. The number of rotatable bonds is 2. The molecule has 1 aliphatic rings. The van der Waals surface area contributed by atoms with Gasteiger partial charge in [0.05, 0.1) is 6.10 Å². The molecule has 0 bridgehead atoms. The Bertz CT molecular complexity index is 584. The van der Waals surface area contributed by atoms with E-state index >= 15 is 0 Å². The number of aliphatic hydroxyl groups is 1. The molecule has 0 fully saturated rings. The zero-order valence-corrected chi connectivity index (χ0v) is 9.56. The minimum absolute atomic E-state index is 0.566. The van der Waals surface area contributed by atoms with Gasteiger partial charge in [-0.15, -0.1) is 6.58 Å². The van der Waals surface area contributed by atoms with Crippen molar-refractivity contribution in [1.29, 1.82) is 0 Å². The second-order valence-electron chi connectivity index (χ2n) is 4.43. The molecule has 1 N–H and O–H groups in total. The average Bonchev–Trinajstić information content (AvgIpc) is 2.75. The second-order valence-corrected chi connectivity index (χ2v) is 4.43. The van der Waals surface area contributed by atoms with Crippen molar-refractivity contribution in [2.75, 3.05) is 0 Å². The first-order valence-electron chi connectivity index (χ1n) is 5.81. The molecule has 84 valence electrons. The largest absolute Gasteiger partial charge is 0.384 e. The zero-order chi connectivity index (χ0) is 11.8. The maximum atomic E-state index is 9.76. The van der Waals surface area contributed by atoms with Gasteiger partial charge >= 0.3 is 0 Å². The summed E-state index contributed by atoms with van der Waals surface area (Å²) >= 11 is 0. The third kappa shape index (κ3) is 1.60. The molecule has 17 heavy (non-hydrogen) atoms. The minimum atomic E-state index is -0.566. The van der Waals surface area contributed by atoms with E-state index < -0.39 is 6.10 Å². The number of aliphatic hydroxyl groups excluding tert-OH is 1. The summed E-state index contributed by atoms with van der Waals surface area (Å²) in [5.74, 6) is 0. The molecule has 0 saturated carbocycles. The third-order valence-corrected chi connectivity index (χ3v) is 3.38. The number of benzene rings is 2. The van der Waals surface area contributed by atoms with Crippen molar-refractivity contribution in [2.24, 2.45) is 0 Å². The molecule has 1 atom stereocenters. The zero-order valence-electron chi connectivity index (χ0n) is 9.56. The van der Waals surface area contributed by atoms with Crippen LogP contribution in [0.1, 0.15) is 22.8 Å². The highest BCUT2D eigenvalue weighted by Crippen LogP contribution is 2.37. The molecule has 0 spiro atoms. The Balaban J connectivity index is 2.10. The predicted octanol–water partition coefficient (Wildman–Crippen LogP) is 3.48. The van der Waals surface area contributed by atoms with E-state index in [0.717, 1.165) is 12.0 Å². The van der Waals surface area contributed by atoms with E-state index in [-0.39, 0.29) is 0 Å². The van der Waals surface area contributed by atoms with Gasteiger partial charge in [-0.2, -0.15) is 0 Å². The Kier molecular flexibility index (Phi) is 2.34. The van der Waals surface area contributed by atoms with Crippen LogP contribution in [0.5, 0.6) is 0 Å². The maximum absolute atomic E-state index is 9.76. The van der Waals surface area contributed by atoms with E-state index in [1.165, 1.54) is 22.3 Å². The number of fused-ring (bicyclic) bond motifs is 3. The molecule has 0 saturated heterocycles. The van der Waals surface area contributed by atoms with Gasteiger partial charge in [-0.3, -0.25) is 0 Å². The smallest absolute Gasteiger partial charge is 0.0969 e. The van der Waals surface area contributed by atoms with E-state index in [9.17, 15) is 5.11 Å². The van der Waals surface area contributed by atoms with Crippen molar-refractivity contribution < 1.29 is 5.11 Å². The lowest BCUT2D eigenvalue weighted by Gasteiger charge is -2.08. The maximum Gasteiger partial charge on any atom is 0.0969 e. The first kappa shape index (κ1) is 10.3. The third-order valence-electron chi connectivity index (χ3n) is 3.38. The second kappa shape index (κ2) is 3.86. The molecule has 2 aromatic rings. The Morgan fingerprint density at radius 2 is 1.82 bits per heavy atom. The normalized spacial score (nSPS) is 13.9. The Morgan fingerprint density at radius 1 is 1.06 bits per heavy atom. The Morgan fingerprint density at radius 3 is 2.65 bits per heavy atom. The highest BCUT2D eigenvalue weighted by molar-refractivity contribution is 5.77. The van der Waals surface area contributed by atoms with Crippen LogP contribution in [0.3, 0.4) is 0 Å². The predicted molar refractivity (Wildman–Crippen MR) is 69.8 cm³/mol. The van der Waals surface area contributed by atoms with Crippen molar-refractivity contribution in [2.45, 2.75) is 12.5 Å². The van der Waals surface area contributed by atoms with Gasteiger partial charge in [0.2, 0.25) is 0 Å². The fourth-order valence-corrected chi connectivity index (χ4v) is 2.49. The van der Waals surface area contributed by atoms with Crippen LogP contribution in [-0.2, 0) is 6.42 Å². The SMILES string of the molecule is C=CC(O)c1ccc2c(c1)Cc1ccccc1-2. The number of hydrogen-bond acceptors (Lipinski definition) is 1. The highest BCUT2D eigenvalue weighted by atomic mass is 16.3. The summed E-state index contributed by atoms with van der Waals surface area (Å²) in [6, 6.07) is 14.6. The van der Waals surface area contributed by atoms with Crippen molar-refractivity contribution in [3.8, 4) is 11.1 Å². The molecular formula is C16H14O. The van der Waals surface area contributed by atoms with Gasteiger partial charge in [-0.1, -0.05) is 48.5 Å². The molecule has 0 aliphatic heterocycles. The summed E-state index contributed by atoms with van der Waals surface area (Å²) in [5.41, 5.74) is 6.20. The van der Waals surface area contributed by atoms with Crippen molar-refractivity contribution in [3.63, 3.8) is 0 Å². The molecule has 0 aromatic heterocycles. The summed E-state index contributed by atoms with van der Waals surface area (Å²) in [4.78, 5) is 0. The van der Waals surface area contributed by atoms with Crippen LogP contribution < -0.4 is 0 Å². The fourth-order valence-electron chi connectivity index (χ4n) is 2.49. The van der Waals surface area contributed by atoms with Crippen LogP contribution in [-0.4, -0.2) is 5.11 Å². The van der Waals surface area contributed by atoms with Gasteiger partial charge in [-0.25, -0.2) is 0 Å². The van der Waals surface area contributed by atoms with Crippen molar-refractivity contribution in [3.05, 3.63) is 71.8 Å². The summed E-state index contributed by atoms with van der Waals surface area (Å²) in [7, 11) is 0. The fraction of sp³-hybridized carbons (Fsp3) is 0.125. The van der Waals surface area contributed by atoms with Gasteiger partial charge in [0.1, 0.15) is 0 Å². The summed E-state index contributed by atoms with van der Waals surface area (Å²) in [6.45, 7) is 3.62. The van der Waals surface area contributed by atoms with Crippen LogP contribution in [0, 0.1) is 0 Å². The van der Waals surface area contributed by atoms with Crippen LogP contribution in [0.25, 0.3) is 11.1 Å². The molecular weight excluding hydrogens is 208 g/mol. The summed E-state index contributed by atoms with van der Waals surface area (Å²) < 4.78 is 0. The van der Waals surface area contributed by atoms with Gasteiger partial charge < -0.3 is 5.11 Å². The van der Waals surface area contributed by atoms with E-state index in [1.54, 1.807) is 6.08 Å². The van der Waals surface area contributed by atoms with Crippen molar-refractivity contribution in [1.82, 2.24) is 0 Å². The number of hydrogen-bond donors (Lipinski definition) is 1. The van der Waals surface area contributed by atoms with E-state index in [2.05, 4.69) is 43.0 Å². The van der Waals surface area contributed by atoms with Crippen LogP contribution in [0.15, 0.2) is 55.1 Å². The van der Waals surface area contributed by atoms with Crippen molar-refractivity contribution >= 4 is 0 Å². The molecule has 2 aromatic carbocycles. The molecule has 1 unspecified atom stereocenters. The monoisotopic (exact) mass is 222 g/mol. The van der Waals surface area contributed by atoms with Gasteiger partial charge in [0.15, 0.2) is 0 Å². The topological polar surface area (TPSA) is 20.2 Å².